The van der Waals surface area contributed by atoms with Crippen LogP contribution in [0.5, 0.6) is 0 Å². The molecule has 0 unspecified atom stereocenters. The van der Waals surface area contributed by atoms with E-state index in [2.05, 4.69) is 10.2 Å². The summed E-state index contributed by atoms with van der Waals surface area (Å²) in [6, 6.07) is 4.42. The van der Waals surface area contributed by atoms with Gasteiger partial charge in [0.25, 0.3) is 5.69 Å². The Bertz CT molecular complexity index is 478. The molecule has 2 N–H and O–H groups in total. The van der Waals surface area contributed by atoms with Crippen LogP contribution in [0, 0.1) is 10.1 Å². The van der Waals surface area contributed by atoms with Gasteiger partial charge in [-0.25, -0.2) is 0 Å². The van der Waals surface area contributed by atoms with Gasteiger partial charge in [-0.3, -0.25) is 15.0 Å². The Morgan fingerprint density at radius 2 is 2.15 bits per heavy atom. The van der Waals surface area contributed by atoms with Crippen molar-refractivity contribution in [2.75, 3.05) is 32.8 Å². The lowest BCUT2D eigenvalue weighted by Gasteiger charge is -2.34. The molecule has 6 nitrogen and oxygen atoms in total. The van der Waals surface area contributed by atoms with Crippen molar-refractivity contribution < 1.29 is 10.0 Å². The Morgan fingerprint density at radius 1 is 1.45 bits per heavy atom. The summed E-state index contributed by atoms with van der Waals surface area (Å²) in [5, 5.41) is 24.2. The third kappa shape index (κ3) is 3.46. The lowest BCUT2D eigenvalue weighted by atomic mass is 9.99. The number of benzene rings is 1. The van der Waals surface area contributed by atoms with E-state index in [-0.39, 0.29) is 18.3 Å². The van der Waals surface area contributed by atoms with Crippen LogP contribution >= 0.6 is 11.6 Å². The molecule has 1 aromatic carbocycles. The molecule has 0 aliphatic carbocycles. The minimum Gasteiger partial charge on any atom is -0.396 e. The Labute approximate surface area is 122 Å². The Kier molecular flexibility index (Phi) is 5.31. The second kappa shape index (κ2) is 6.99. The number of nitro benzene ring substituents is 1. The number of aliphatic hydroxyl groups excluding tert-OH is 1. The SMILES string of the molecule is O=[N+]([O-])c1ccc(Cl)cc1[C@@H](CCO)N1CCNCC1. The van der Waals surface area contributed by atoms with Crippen molar-refractivity contribution in [3.63, 3.8) is 0 Å². The number of hydrogen-bond donors (Lipinski definition) is 2. The highest BCUT2D eigenvalue weighted by Crippen LogP contribution is 2.33. The largest absolute Gasteiger partial charge is 0.396 e. The van der Waals surface area contributed by atoms with Crippen LogP contribution in [-0.4, -0.2) is 47.7 Å². The van der Waals surface area contributed by atoms with Gasteiger partial charge >= 0.3 is 0 Å². The first-order valence-electron chi connectivity index (χ1n) is 6.63. The van der Waals surface area contributed by atoms with Crippen LogP contribution in [0.15, 0.2) is 18.2 Å². The fourth-order valence-electron chi connectivity index (χ4n) is 2.61. The minimum atomic E-state index is -0.391. The highest BCUT2D eigenvalue weighted by molar-refractivity contribution is 6.30. The minimum absolute atomic E-state index is 0.0156. The molecule has 1 aliphatic heterocycles. The number of hydrogen-bond acceptors (Lipinski definition) is 5. The molecule has 1 aromatic rings. The predicted molar refractivity (Wildman–Crippen MR) is 77.0 cm³/mol. The van der Waals surface area contributed by atoms with Crippen molar-refractivity contribution in [1.82, 2.24) is 10.2 Å². The third-order valence-electron chi connectivity index (χ3n) is 3.54. The van der Waals surface area contributed by atoms with Crippen LogP contribution in [0.4, 0.5) is 5.69 Å². The Balaban J connectivity index is 2.36. The van der Waals surface area contributed by atoms with Crippen LogP contribution in [0.25, 0.3) is 0 Å². The second-order valence-corrected chi connectivity index (χ2v) is 5.21. The summed E-state index contributed by atoms with van der Waals surface area (Å²) < 4.78 is 0. The quantitative estimate of drug-likeness (QED) is 0.637. The van der Waals surface area contributed by atoms with Gasteiger partial charge in [-0.2, -0.15) is 0 Å². The molecule has 0 radical (unpaired) electrons. The maximum Gasteiger partial charge on any atom is 0.274 e. The fraction of sp³-hybridized carbons (Fsp3) is 0.538. The molecule has 0 aromatic heterocycles. The molecule has 1 saturated heterocycles. The van der Waals surface area contributed by atoms with E-state index < -0.39 is 4.92 Å². The van der Waals surface area contributed by atoms with E-state index in [0.717, 1.165) is 26.2 Å². The van der Waals surface area contributed by atoms with E-state index in [1.54, 1.807) is 6.07 Å². The molecule has 0 bridgehead atoms. The number of nitrogens with one attached hydrogen (secondary N) is 1. The summed E-state index contributed by atoms with van der Waals surface area (Å²) in [4.78, 5) is 13.0. The third-order valence-corrected chi connectivity index (χ3v) is 3.78. The number of piperazine rings is 1. The lowest BCUT2D eigenvalue weighted by molar-refractivity contribution is -0.386. The monoisotopic (exact) mass is 299 g/mol. The molecule has 1 heterocycles. The summed E-state index contributed by atoms with van der Waals surface area (Å²) in [6.45, 7) is 3.27. The molecular weight excluding hydrogens is 282 g/mol. The first-order valence-corrected chi connectivity index (χ1v) is 7.00. The zero-order valence-electron chi connectivity index (χ0n) is 11.1. The molecular formula is C13H18ClN3O3. The van der Waals surface area contributed by atoms with E-state index in [1.807, 2.05) is 0 Å². The molecule has 20 heavy (non-hydrogen) atoms. The first kappa shape index (κ1) is 15.2. The number of nitrogens with zero attached hydrogens (tertiary/aromatic N) is 2. The van der Waals surface area contributed by atoms with Crippen LogP contribution in [-0.2, 0) is 0 Å². The van der Waals surface area contributed by atoms with Gasteiger partial charge in [-0.1, -0.05) is 11.6 Å². The fourth-order valence-corrected chi connectivity index (χ4v) is 2.79. The number of nitro groups is 1. The van der Waals surface area contributed by atoms with Crippen LogP contribution < -0.4 is 5.32 Å². The van der Waals surface area contributed by atoms with Crippen molar-refractivity contribution in [3.05, 3.63) is 38.9 Å². The van der Waals surface area contributed by atoms with Gasteiger partial charge in [0, 0.05) is 55.5 Å². The van der Waals surface area contributed by atoms with Crippen molar-refractivity contribution >= 4 is 17.3 Å². The van der Waals surface area contributed by atoms with Gasteiger partial charge in [0.1, 0.15) is 0 Å². The van der Waals surface area contributed by atoms with Gasteiger partial charge in [0.15, 0.2) is 0 Å². The van der Waals surface area contributed by atoms with Gasteiger partial charge in [0.2, 0.25) is 0 Å². The molecule has 1 atom stereocenters. The molecule has 7 heteroatoms. The average molecular weight is 300 g/mol. The second-order valence-electron chi connectivity index (χ2n) is 4.77. The normalized spacial score (nSPS) is 17.9. The topological polar surface area (TPSA) is 78.6 Å². The summed E-state index contributed by atoms with van der Waals surface area (Å²) >= 11 is 5.99. The van der Waals surface area contributed by atoms with Gasteiger partial charge in [-0.05, 0) is 18.6 Å². The number of rotatable bonds is 5. The molecule has 1 fully saturated rings. The van der Waals surface area contributed by atoms with Crippen molar-refractivity contribution in [2.45, 2.75) is 12.5 Å². The summed E-state index contributed by atoms with van der Waals surface area (Å²) in [6.07, 6.45) is 0.460. The lowest BCUT2D eigenvalue weighted by Crippen LogP contribution is -2.45. The Morgan fingerprint density at radius 3 is 2.75 bits per heavy atom. The van der Waals surface area contributed by atoms with E-state index in [9.17, 15) is 15.2 Å². The van der Waals surface area contributed by atoms with Crippen molar-refractivity contribution in [3.8, 4) is 0 Å². The smallest absolute Gasteiger partial charge is 0.274 e. The van der Waals surface area contributed by atoms with Gasteiger partial charge in [0.05, 0.1) is 4.92 Å². The van der Waals surface area contributed by atoms with Crippen LogP contribution in [0.1, 0.15) is 18.0 Å². The van der Waals surface area contributed by atoms with E-state index in [1.165, 1.54) is 12.1 Å². The van der Waals surface area contributed by atoms with E-state index >= 15 is 0 Å². The van der Waals surface area contributed by atoms with Crippen LogP contribution in [0.2, 0.25) is 5.02 Å². The molecule has 1 aliphatic rings. The highest BCUT2D eigenvalue weighted by Gasteiger charge is 2.28. The molecule has 2 rings (SSSR count). The highest BCUT2D eigenvalue weighted by atomic mass is 35.5. The van der Waals surface area contributed by atoms with E-state index in [4.69, 9.17) is 11.6 Å². The molecule has 0 saturated carbocycles. The zero-order chi connectivity index (χ0) is 14.5. The molecule has 110 valence electrons. The number of halogens is 1. The van der Waals surface area contributed by atoms with Crippen molar-refractivity contribution in [1.29, 1.82) is 0 Å². The maximum absolute atomic E-state index is 11.2. The van der Waals surface area contributed by atoms with Gasteiger partial charge in [-0.15, -0.1) is 0 Å². The van der Waals surface area contributed by atoms with Crippen LogP contribution in [0.3, 0.4) is 0 Å². The molecule has 0 amide bonds. The maximum atomic E-state index is 11.2. The summed E-state index contributed by atoms with van der Waals surface area (Å²) in [5.74, 6) is 0. The average Bonchev–Trinajstić information content (AvgIpc) is 2.45. The predicted octanol–water partition coefficient (Wildman–Crippen LogP) is 1.58. The molecule has 0 spiro atoms. The first-order chi connectivity index (χ1) is 9.63. The standard InChI is InChI=1S/C13H18ClN3O3/c14-10-1-2-13(17(19)20)11(9-10)12(3-8-18)16-6-4-15-5-7-16/h1-2,9,12,15,18H,3-8H2/t12-/m1/s1. The number of aliphatic hydroxyl groups is 1. The summed E-state index contributed by atoms with van der Waals surface area (Å²) in [7, 11) is 0. The zero-order valence-corrected chi connectivity index (χ0v) is 11.8. The summed E-state index contributed by atoms with van der Waals surface area (Å²) in [5.41, 5.74) is 0.643. The van der Waals surface area contributed by atoms with Crippen molar-refractivity contribution in [2.24, 2.45) is 0 Å². The van der Waals surface area contributed by atoms with E-state index in [0.29, 0.717) is 17.0 Å². The Hall–Kier alpha value is -1.21. The van der Waals surface area contributed by atoms with Gasteiger partial charge < -0.3 is 10.4 Å².